The second-order valence-corrected chi connectivity index (χ2v) is 5.01. The predicted octanol–water partition coefficient (Wildman–Crippen LogP) is 3.31. The molecule has 2 rings (SSSR count). The number of methoxy groups -OCH3 is 1. The molecule has 0 radical (unpaired) electrons. The van der Waals surface area contributed by atoms with Crippen molar-refractivity contribution in [3.05, 3.63) is 47.5 Å². The van der Waals surface area contributed by atoms with Crippen molar-refractivity contribution >= 4 is 0 Å². The Morgan fingerprint density at radius 2 is 2.20 bits per heavy atom. The summed E-state index contributed by atoms with van der Waals surface area (Å²) in [5, 5.41) is 0. The summed E-state index contributed by atoms with van der Waals surface area (Å²) < 4.78 is 5.31. The standard InChI is InChI=1S/C16H23N3O/c1-5-19(11-15-10-17-13(3)18-15)12(2)14-7-6-8-16(9-14)20-4/h6-10,12H,5,11H2,1-4H3,(H,17,18). The SMILES string of the molecule is CCN(Cc1cnc(C)[nH]1)C(C)c1cccc(OC)c1. The third-order valence-electron chi connectivity index (χ3n) is 3.66. The summed E-state index contributed by atoms with van der Waals surface area (Å²) in [5.41, 5.74) is 2.42. The maximum atomic E-state index is 5.31. The first-order valence-electron chi connectivity index (χ1n) is 7.02. The highest BCUT2D eigenvalue weighted by molar-refractivity contribution is 5.30. The Labute approximate surface area is 120 Å². The molecule has 1 unspecified atom stereocenters. The Kier molecular flexibility index (Phi) is 4.79. The second-order valence-electron chi connectivity index (χ2n) is 5.01. The number of ether oxygens (including phenoxy) is 1. The molecular weight excluding hydrogens is 250 g/mol. The van der Waals surface area contributed by atoms with Gasteiger partial charge in [0.1, 0.15) is 11.6 Å². The number of nitrogens with one attached hydrogen (secondary N) is 1. The Balaban J connectivity index is 2.13. The molecule has 1 aromatic carbocycles. The fourth-order valence-corrected chi connectivity index (χ4v) is 2.41. The van der Waals surface area contributed by atoms with Crippen LogP contribution in [0.5, 0.6) is 5.75 Å². The van der Waals surface area contributed by atoms with Crippen LogP contribution >= 0.6 is 0 Å². The van der Waals surface area contributed by atoms with Crippen molar-refractivity contribution in [3.63, 3.8) is 0 Å². The van der Waals surface area contributed by atoms with Crippen LogP contribution in [0.1, 0.15) is 37.0 Å². The second kappa shape index (κ2) is 6.57. The fraction of sp³-hybridized carbons (Fsp3) is 0.438. The van der Waals surface area contributed by atoms with Crippen LogP contribution in [-0.4, -0.2) is 28.5 Å². The minimum Gasteiger partial charge on any atom is -0.497 e. The smallest absolute Gasteiger partial charge is 0.119 e. The Hall–Kier alpha value is -1.81. The molecule has 4 nitrogen and oxygen atoms in total. The van der Waals surface area contributed by atoms with E-state index >= 15 is 0 Å². The van der Waals surface area contributed by atoms with Crippen molar-refractivity contribution in [1.29, 1.82) is 0 Å². The van der Waals surface area contributed by atoms with Crippen LogP contribution in [-0.2, 0) is 6.54 Å². The number of aromatic amines is 1. The highest BCUT2D eigenvalue weighted by Crippen LogP contribution is 2.24. The molecule has 4 heteroatoms. The Morgan fingerprint density at radius 3 is 2.80 bits per heavy atom. The highest BCUT2D eigenvalue weighted by atomic mass is 16.5. The maximum Gasteiger partial charge on any atom is 0.119 e. The summed E-state index contributed by atoms with van der Waals surface area (Å²) in [5.74, 6) is 1.87. The number of nitrogens with zero attached hydrogens (tertiary/aromatic N) is 2. The zero-order chi connectivity index (χ0) is 14.5. The number of imidazole rings is 1. The summed E-state index contributed by atoms with van der Waals surface area (Å²) in [6.07, 6.45) is 1.91. The zero-order valence-electron chi connectivity index (χ0n) is 12.7. The van der Waals surface area contributed by atoms with E-state index in [1.165, 1.54) is 5.56 Å². The molecule has 0 saturated heterocycles. The third-order valence-corrected chi connectivity index (χ3v) is 3.66. The van der Waals surface area contributed by atoms with E-state index in [9.17, 15) is 0 Å². The van der Waals surface area contributed by atoms with E-state index in [1.807, 2.05) is 25.3 Å². The van der Waals surface area contributed by atoms with Crippen molar-refractivity contribution in [2.45, 2.75) is 33.4 Å². The first kappa shape index (κ1) is 14.6. The average Bonchev–Trinajstić information content (AvgIpc) is 2.89. The van der Waals surface area contributed by atoms with Crippen LogP contribution in [0.25, 0.3) is 0 Å². The van der Waals surface area contributed by atoms with Crippen LogP contribution in [0, 0.1) is 6.92 Å². The van der Waals surface area contributed by atoms with Crippen molar-refractivity contribution in [2.75, 3.05) is 13.7 Å². The van der Waals surface area contributed by atoms with Gasteiger partial charge in [-0.2, -0.15) is 0 Å². The number of rotatable bonds is 6. The van der Waals surface area contributed by atoms with Crippen LogP contribution < -0.4 is 4.74 Å². The van der Waals surface area contributed by atoms with Crippen molar-refractivity contribution < 1.29 is 4.74 Å². The topological polar surface area (TPSA) is 41.2 Å². The molecule has 0 fully saturated rings. The van der Waals surface area contributed by atoms with Crippen LogP contribution in [0.15, 0.2) is 30.5 Å². The summed E-state index contributed by atoms with van der Waals surface area (Å²) in [6.45, 7) is 8.23. The molecule has 0 bridgehead atoms. The zero-order valence-corrected chi connectivity index (χ0v) is 12.7. The number of hydrogen-bond acceptors (Lipinski definition) is 3. The van der Waals surface area contributed by atoms with E-state index in [0.717, 1.165) is 30.4 Å². The number of hydrogen-bond donors (Lipinski definition) is 1. The van der Waals surface area contributed by atoms with E-state index in [1.54, 1.807) is 7.11 Å². The van der Waals surface area contributed by atoms with E-state index in [4.69, 9.17) is 4.74 Å². The van der Waals surface area contributed by atoms with Gasteiger partial charge >= 0.3 is 0 Å². The third kappa shape index (κ3) is 3.39. The van der Waals surface area contributed by atoms with Gasteiger partial charge in [-0.3, -0.25) is 4.90 Å². The normalized spacial score (nSPS) is 12.7. The largest absolute Gasteiger partial charge is 0.497 e. The molecule has 2 aromatic rings. The molecular formula is C16H23N3O. The van der Waals surface area contributed by atoms with Gasteiger partial charge in [-0.05, 0) is 38.1 Å². The van der Waals surface area contributed by atoms with Crippen molar-refractivity contribution in [1.82, 2.24) is 14.9 Å². The molecule has 0 amide bonds. The molecule has 0 saturated carbocycles. The molecule has 1 atom stereocenters. The lowest BCUT2D eigenvalue weighted by molar-refractivity contribution is 0.210. The molecule has 20 heavy (non-hydrogen) atoms. The van der Waals surface area contributed by atoms with E-state index < -0.39 is 0 Å². The lowest BCUT2D eigenvalue weighted by Gasteiger charge is -2.27. The number of H-pyrrole nitrogens is 1. The summed E-state index contributed by atoms with van der Waals surface area (Å²) in [7, 11) is 1.70. The van der Waals surface area contributed by atoms with Gasteiger partial charge in [0.2, 0.25) is 0 Å². The molecule has 0 spiro atoms. The van der Waals surface area contributed by atoms with E-state index in [2.05, 4.69) is 40.8 Å². The van der Waals surface area contributed by atoms with Gasteiger partial charge in [-0.1, -0.05) is 19.1 Å². The summed E-state index contributed by atoms with van der Waals surface area (Å²) >= 11 is 0. The van der Waals surface area contributed by atoms with Gasteiger partial charge in [-0.25, -0.2) is 4.98 Å². The minimum absolute atomic E-state index is 0.332. The van der Waals surface area contributed by atoms with Gasteiger partial charge in [0.25, 0.3) is 0 Å². The van der Waals surface area contributed by atoms with Crippen molar-refractivity contribution in [3.8, 4) is 5.75 Å². The molecule has 108 valence electrons. The Morgan fingerprint density at radius 1 is 1.40 bits per heavy atom. The van der Waals surface area contributed by atoms with Gasteiger partial charge in [-0.15, -0.1) is 0 Å². The summed E-state index contributed by atoms with van der Waals surface area (Å²) in [4.78, 5) is 9.96. The van der Waals surface area contributed by atoms with Gasteiger partial charge < -0.3 is 9.72 Å². The average molecular weight is 273 g/mol. The number of benzene rings is 1. The van der Waals surface area contributed by atoms with Crippen molar-refractivity contribution in [2.24, 2.45) is 0 Å². The van der Waals surface area contributed by atoms with Gasteiger partial charge in [0.15, 0.2) is 0 Å². The molecule has 0 aliphatic rings. The first-order chi connectivity index (χ1) is 9.63. The minimum atomic E-state index is 0.332. The van der Waals surface area contributed by atoms with Crippen LogP contribution in [0.3, 0.4) is 0 Å². The highest BCUT2D eigenvalue weighted by Gasteiger charge is 2.15. The van der Waals surface area contributed by atoms with Crippen LogP contribution in [0.4, 0.5) is 0 Å². The summed E-state index contributed by atoms with van der Waals surface area (Å²) in [6, 6.07) is 8.60. The number of aryl methyl sites for hydroxylation is 1. The molecule has 0 aliphatic carbocycles. The monoisotopic (exact) mass is 273 g/mol. The maximum absolute atomic E-state index is 5.31. The number of aromatic nitrogens is 2. The van der Waals surface area contributed by atoms with E-state index in [-0.39, 0.29) is 0 Å². The molecule has 1 aromatic heterocycles. The molecule has 1 heterocycles. The molecule has 1 N–H and O–H groups in total. The lowest BCUT2D eigenvalue weighted by atomic mass is 10.1. The first-order valence-corrected chi connectivity index (χ1v) is 7.02. The molecule has 0 aliphatic heterocycles. The fourth-order valence-electron chi connectivity index (χ4n) is 2.41. The van der Waals surface area contributed by atoms with E-state index in [0.29, 0.717) is 6.04 Å². The van der Waals surface area contributed by atoms with Crippen LogP contribution in [0.2, 0.25) is 0 Å². The van der Waals surface area contributed by atoms with Gasteiger partial charge in [0, 0.05) is 24.5 Å². The quantitative estimate of drug-likeness (QED) is 0.878. The van der Waals surface area contributed by atoms with Gasteiger partial charge in [0.05, 0.1) is 7.11 Å². The predicted molar refractivity (Wildman–Crippen MR) is 80.8 cm³/mol. The Bertz CT molecular complexity index is 550. The lowest BCUT2D eigenvalue weighted by Crippen LogP contribution is -2.26.